The molecule has 4 nitrogen and oxygen atoms in total. The van der Waals surface area contributed by atoms with E-state index in [9.17, 15) is 4.79 Å². The Bertz CT molecular complexity index is 309. The molecule has 0 bridgehead atoms. The van der Waals surface area contributed by atoms with E-state index in [4.69, 9.17) is 5.11 Å². The highest BCUT2D eigenvalue weighted by Crippen LogP contribution is 2.16. The minimum absolute atomic E-state index is 0.0659. The van der Waals surface area contributed by atoms with Crippen LogP contribution in [0.4, 0.5) is 0 Å². The third kappa shape index (κ3) is 2.77. The molecule has 0 radical (unpaired) electrons. The molecular weight excluding hydrogens is 188 g/mol. The van der Waals surface area contributed by atoms with Crippen molar-refractivity contribution in [1.29, 1.82) is 0 Å². The molecule has 0 saturated heterocycles. The Balaban J connectivity index is 2.69. The maximum atomic E-state index is 10.3. The topological polar surface area (TPSA) is 55.1 Å². The summed E-state index contributed by atoms with van der Waals surface area (Å²) in [6.45, 7) is 4.73. The Morgan fingerprint density at radius 3 is 3.00 bits per heavy atom. The van der Waals surface area contributed by atoms with E-state index >= 15 is 0 Å². The standard InChI is InChI=1S/C8H12N2O2S/c1-3-10-4-6(2)9-8(10)13-5-7(11)12/h4H,3,5H2,1-2H3,(H,11,12). The molecule has 0 aliphatic heterocycles. The monoisotopic (exact) mass is 200 g/mol. The zero-order valence-electron chi connectivity index (χ0n) is 7.65. The van der Waals surface area contributed by atoms with Crippen molar-refractivity contribution in [1.82, 2.24) is 9.55 Å². The van der Waals surface area contributed by atoms with Gasteiger partial charge in [0.1, 0.15) is 0 Å². The van der Waals surface area contributed by atoms with Crippen molar-refractivity contribution in [2.75, 3.05) is 5.75 Å². The van der Waals surface area contributed by atoms with Crippen molar-refractivity contribution >= 4 is 17.7 Å². The number of rotatable bonds is 4. The van der Waals surface area contributed by atoms with E-state index in [1.54, 1.807) is 0 Å². The quantitative estimate of drug-likeness (QED) is 0.746. The summed E-state index contributed by atoms with van der Waals surface area (Å²) in [5, 5.41) is 9.27. The highest BCUT2D eigenvalue weighted by Gasteiger charge is 2.06. The van der Waals surface area contributed by atoms with Crippen molar-refractivity contribution in [3.05, 3.63) is 11.9 Å². The van der Waals surface area contributed by atoms with Gasteiger partial charge in [-0.15, -0.1) is 0 Å². The number of hydrogen-bond acceptors (Lipinski definition) is 3. The van der Waals surface area contributed by atoms with Crippen LogP contribution in [-0.2, 0) is 11.3 Å². The molecule has 0 fully saturated rings. The van der Waals surface area contributed by atoms with Gasteiger partial charge >= 0.3 is 5.97 Å². The van der Waals surface area contributed by atoms with E-state index in [-0.39, 0.29) is 5.75 Å². The van der Waals surface area contributed by atoms with Crippen LogP contribution in [-0.4, -0.2) is 26.4 Å². The highest BCUT2D eigenvalue weighted by atomic mass is 32.2. The second-order valence-corrected chi connectivity index (χ2v) is 3.58. The zero-order valence-corrected chi connectivity index (χ0v) is 8.47. The van der Waals surface area contributed by atoms with E-state index in [0.717, 1.165) is 17.4 Å². The number of imidazole rings is 1. The van der Waals surface area contributed by atoms with Gasteiger partial charge < -0.3 is 9.67 Å². The second-order valence-electron chi connectivity index (χ2n) is 2.63. The molecule has 0 aromatic carbocycles. The van der Waals surface area contributed by atoms with Crippen LogP contribution in [0, 0.1) is 6.92 Å². The Kier molecular flexibility index (Phi) is 3.36. The summed E-state index contributed by atoms with van der Waals surface area (Å²) in [6, 6.07) is 0. The van der Waals surface area contributed by atoms with Gasteiger partial charge in [0, 0.05) is 12.7 Å². The molecule has 0 aliphatic rings. The first-order valence-corrected chi connectivity index (χ1v) is 5.00. The van der Waals surface area contributed by atoms with Gasteiger partial charge in [0.25, 0.3) is 0 Å². The smallest absolute Gasteiger partial charge is 0.313 e. The van der Waals surface area contributed by atoms with Crippen LogP contribution in [0.3, 0.4) is 0 Å². The Hall–Kier alpha value is -0.970. The van der Waals surface area contributed by atoms with E-state index in [0.29, 0.717) is 0 Å². The number of carbonyl (C=O) groups is 1. The highest BCUT2D eigenvalue weighted by molar-refractivity contribution is 7.99. The SMILES string of the molecule is CCn1cc(C)nc1SCC(=O)O. The van der Waals surface area contributed by atoms with Crippen LogP contribution >= 0.6 is 11.8 Å². The average Bonchev–Trinajstić information content (AvgIpc) is 2.42. The Morgan fingerprint density at radius 1 is 1.77 bits per heavy atom. The van der Waals surface area contributed by atoms with Gasteiger partial charge in [-0.3, -0.25) is 4.79 Å². The molecular formula is C8H12N2O2S. The summed E-state index contributed by atoms with van der Waals surface area (Å²) < 4.78 is 1.95. The molecule has 72 valence electrons. The predicted molar refractivity (Wildman–Crippen MR) is 51.0 cm³/mol. The van der Waals surface area contributed by atoms with E-state index in [2.05, 4.69) is 4.98 Å². The fraction of sp³-hybridized carbons (Fsp3) is 0.500. The summed E-state index contributed by atoms with van der Waals surface area (Å²) in [5.41, 5.74) is 0.926. The third-order valence-corrected chi connectivity index (χ3v) is 2.50. The fourth-order valence-electron chi connectivity index (χ4n) is 0.993. The first-order chi connectivity index (χ1) is 6.13. The van der Waals surface area contributed by atoms with E-state index in [1.165, 1.54) is 11.8 Å². The van der Waals surface area contributed by atoms with Crippen LogP contribution in [0.2, 0.25) is 0 Å². The van der Waals surface area contributed by atoms with Gasteiger partial charge in [-0.2, -0.15) is 0 Å². The number of aryl methyl sites for hydroxylation is 2. The van der Waals surface area contributed by atoms with Crippen LogP contribution in [0.5, 0.6) is 0 Å². The van der Waals surface area contributed by atoms with Crippen LogP contribution in [0.15, 0.2) is 11.4 Å². The molecule has 1 aromatic rings. The molecule has 1 rings (SSSR count). The van der Waals surface area contributed by atoms with Crippen LogP contribution in [0.25, 0.3) is 0 Å². The lowest BCUT2D eigenvalue weighted by molar-refractivity contribution is -0.133. The zero-order chi connectivity index (χ0) is 9.84. The minimum Gasteiger partial charge on any atom is -0.481 e. The van der Waals surface area contributed by atoms with Crippen molar-refractivity contribution in [2.45, 2.75) is 25.5 Å². The molecule has 1 aromatic heterocycles. The average molecular weight is 200 g/mol. The molecule has 0 spiro atoms. The van der Waals surface area contributed by atoms with Crippen LogP contribution in [0.1, 0.15) is 12.6 Å². The molecule has 0 atom stereocenters. The van der Waals surface area contributed by atoms with Gasteiger partial charge in [0.2, 0.25) is 0 Å². The van der Waals surface area contributed by atoms with Gasteiger partial charge in [0.05, 0.1) is 11.4 Å². The van der Waals surface area contributed by atoms with Gasteiger partial charge in [-0.05, 0) is 13.8 Å². The van der Waals surface area contributed by atoms with Crippen LogP contribution < -0.4 is 0 Å². The van der Waals surface area contributed by atoms with Crippen molar-refractivity contribution in [3.8, 4) is 0 Å². The van der Waals surface area contributed by atoms with E-state index in [1.807, 2.05) is 24.6 Å². The molecule has 1 heterocycles. The molecule has 0 aliphatic carbocycles. The number of carboxylic acids is 1. The number of aliphatic carboxylic acids is 1. The maximum Gasteiger partial charge on any atom is 0.313 e. The van der Waals surface area contributed by atoms with Gasteiger partial charge in [0.15, 0.2) is 5.16 Å². The number of thioether (sulfide) groups is 1. The lowest BCUT2D eigenvalue weighted by Crippen LogP contribution is -2.01. The predicted octanol–water partition coefficient (Wildman–Crippen LogP) is 1.39. The lowest BCUT2D eigenvalue weighted by atomic mass is 10.6. The minimum atomic E-state index is -0.812. The number of hydrogen-bond donors (Lipinski definition) is 1. The Labute approximate surface area is 81.0 Å². The van der Waals surface area contributed by atoms with Crippen molar-refractivity contribution < 1.29 is 9.90 Å². The molecule has 0 unspecified atom stereocenters. The summed E-state index contributed by atoms with van der Waals surface area (Å²) in [5.74, 6) is -0.746. The summed E-state index contributed by atoms with van der Waals surface area (Å²) in [4.78, 5) is 14.5. The normalized spacial score (nSPS) is 10.3. The summed E-state index contributed by atoms with van der Waals surface area (Å²) >= 11 is 1.25. The van der Waals surface area contributed by atoms with E-state index < -0.39 is 5.97 Å². The maximum absolute atomic E-state index is 10.3. The Morgan fingerprint density at radius 2 is 2.46 bits per heavy atom. The number of nitrogens with zero attached hydrogens (tertiary/aromatic N) is 2. The van der Waals surface area contributed by atoms with Crippen molar-refractivity contribution in [2.24, 2.45) is 0 Å². The summed E-state index contributed by atoms with van der Waals surface area (Å²) in [6.07, 6.45) is 1.92. The first-order valence-electron chi connectivity index (χ1n) is 4.02. The molecule has 0 saturated carbocycles. The second kappa shape index (κ2) is 4.32. The largest absolute Gasteiger partial charge is 0.481 e. The first kappa shape index (κ1) is 10.1. The molecule has 0 amide bonds. The molecule has 1 N–H and O–H groups in total. The lowest BCUT2D eigenvalue weighted by Gasteiger charge is -2.00. The third-order valence-electron chi connectivity index (χ3n) is 1.53. The number of carboxylic acid groups (broad SMARTS) is 1. The number of aromatic nitrogens is 2. The summed E-state index contributed by atoms with van der Waals surface area (Å²) in [7, 11) is 0. The molecule has 5 heteroatoms. The fourth-order valence-corrected chi connectivity index (χ4v) is 1.80. The van der Waals surface area contributed by atoms with Gasteiger partial charge in [-0.25, -0.2) is 4.98 Å². The van der Waals surface area contributed by atoms with Gasteiger partial charge in [-0.1, -0.05) is 11.8 Å². The van der Waals surface area contributed by atoms with Crippen molar-refractivity contribution in [3.63, 3.8) is 0 Å². The molecule has 13 heavy (non-hydrogen) atoms.